The van der Waals surface area contributed by atoms with E-state index in [1.165, 1.54) is 5.56 Å². The van der Waals surface area contributed by atoms with Gasteiger partial charge in [-0.05, 0) is 36.1 Å². The van der Waals surface area contributed by atoms with Crippen LogP contribution in [0.15, 0.2) is 24.3 Å². The summed E-state index contributed by atoms with van der Waals surface area (Å²) >= 11 is 6.05. The smallest absolute Gasteiger partial charge is 0.0409 e. The molecule has 0 amide bonds. The molecule has 1 N–H and O–H groups in total. The zero-order chi connectivity index (χ0) is 12.1. The molecule has 1 aromatic carbocycles. The maximum Gasteiger partial charge on any atom is 0.0409 e. The van der Waals surface area contributed by atoms with Crippen LogP contribution in [0.5, 0.6) is 0 Å². The molecule has 0 aliphatic carbocycles. The molecule has 0 spiro atoms. The summed E-state index contributed by atoms with van der Waals surface area (Å²) in [6.07, 6.45) is 0. The fourth-order valence-electron chi connectivity index (χ4n) is 1.91. The highest BCUT2D eigenvalue weighted by atomic mass is 35.5. The van der Waals surface area contributed by atoms with E-state index < -0.39 is 0 Å². The fraction of sp³-hybridized carbons (Fsp3) is 0.571. The van der Waals surface area contributed by atoms with Crippen molar-refractivity contribution in [3.63, 3.8) is 0 Å². The van der Waals surface area contributed by atoms with Gasteiger partial charge >= 0.3 is 0 Å². The Morgan fingerprint density at radius 2 is 1.94 bits per heavy atom. The third kappa shape index (κ3) is 3.50. The Labute approximate surface area is 104 Å². The van der Waals surface area contributed by atoms with Crippen LogP contribution in [0, 0.1) is 11.8 Å². The first kappa shape index (κ1) is 13.5. The third-order valence-corrected chi connectivity index (χ3v) is 3.44. The molecule has 1 aromatic rings. The minimum atomic E-state index is 0.392. The quantitative estimate of drug-likeness (QED) is 0.809. The van der Waals surface area contributed by atoms with Crippen LogP contribution < -0.4 is 5.32 Å². The largest absolute Gasteiger partial charge is 0.310 e. The van der Waals surface area contributed by atoms with Crippen LogP contribution >= 0.6 is 11.6 Å². The number of rotatable bonds is 5. The van der Waals surface area contributed by atoms with Crippen molar-refractivity contribution >= 4 is 11.6 Å². The van der Waals surface area contributed by atoms with Crippen molar-refractivity contribution in [2.45, 2.75) is 33.7 Å². The van der Waals surface area contributed by atoms with E-state index in [2.05, 4.69) is 45.1 Å². The second-order valence-electron chi connectivity index (χ2n) is 4.69. The van der Waals surface area contributed by atoms with Crippen LogP contribution in [0.25, 0.3) is 0 Å². The lowest BCUT2D eigenvalue weighted by Crippen LogP contribution is -2.29. The lowest BCUT2D eigenvalue weighted by Gasteiger charge is -2.28. The molecular formula is C14H22ClN. The van der Waals surface area contributed by atoms with E-state index in [1.54, 1.807) is 0 Å². The molecule has 1 rings (SSSR count). The molecule has 0 fully saturated rings. The lowest BCUT2D eigenvalue weighted by molar-refractivity contribution is 0.307. The minimum absolute atomic E-state index is 0.392. The Morgan fingerprint density at radius 3 is 2.44 bits per heavy atom. The van der Waals surface area contributed by atoms with Crippen molar-refractivity contribution in [3.8, 4) is 0 Å². The molecule has 0 aliphatic heterocycles. The van der Waals surface area contributed by atoms with E-state index in [4.69, 9.17) is 11.6 Å². The molecule has 1 nitrogen and oxygen atoms in total. The summed E-state index contributed by atoms with van der Waals surface area (Å²) in [5, 5.41) is 4.36. The van der Waals surface area contributed by atoms with Crippen molar-refractivity contribution in [1.29, 1.82) is 0 Å². The summed E-state index contributed by atoms with van der Waals surface area (Å²) in [7, 11) is 0. The van der Waals surface area contributed by atoms with Gasteiger partial charge in [0.05, 0.1) is 0 Å². The van der Waals surface area contributed by atoms with E-state index in [0.717, 1.165) is 11.6 Å². The first-order valence-electron chi connectivity index (χ1n) is 6.05. The van der Waals surface area contributed by atoms with Crippen LogP contribution in [0.4, 0.5) is 0 Å². The Balaban J connectivity index is 2.93. The summed E-state index contributed by atoms with van der Waals surface area (Å²) in [5.41, 5.74) is 1.29. The predicted molar refractivity (Wildman–Crippen MR) is 71.9 cm³/mol. The van der Waals surface area contributed by atoms with Gasteiger partial charge in [-0.15, -0.1) is 0 Å². The first-order valence-corrected chi connectivity index (χ1v) is 6.43. The summed E-state index contributed by atoms with van der Waals surface area (Å²) in [5.74, 6) is 1.25. The molecule has 0 saturated carbocycles. The van der Waals surface area contributed by atoms with Gasteiger partial charge in [0, 0.05) is 11.1 Å². The van der Waals surface area contributed by atoms with Crippen LogP contribution in [0.2, 0.25) is 5.02 Å². The molecule has 90 valence electrons. The molecular weight excluding hydrogens is 218 g/mol. The third-order valence-electron chi connectivity index (χ3n) is 3.21. The van der Waals surface area contributed by atoms with Gasteiger partial charge < -0.3 is 5.32 Å². The highest BCUT2D eigenvalue weighted by Crippen LogP contribution is 2.28. The second kappa shape index (κ2) is 6.27. The maximum atomic E-state index is 6.05. The molecule has 0 bridgehead atoms. The van der Waals surface area contributed by atoms with Gasteiger partial charge in [0.1, 0.15) is 0 Å². The zero-order valence-electron chi connectivity index (χ0n) is 10.6. The number of benzene rings is 1. The van der Waals surface area contributed by atoms with Gasteiger partial charge in [-0.2, -0.15) is 0 Å². The van der Waals surface area contributed by atoms with Crippen LogP contribution in [-0.4, -0.2) is 6.54 Å². The van der Waals surface area contributed by atoms with E-state index in [1.807, 2.05) is 12.1 Å². The standard InChI is InChI=1S/C14H22ClN/c1-5-16-14(11(4)10(2)3)12-7-6-8-13(15)9-12/h6-11,14,16H,5H2,1-4H3. The van der Waals surface area contributed by atoms with Gasteiger partial charge in [-0.25, -0.2) is 0 Å². The van der Waals surface area contributed by atoms with Crippen molar-refractivity contribution in [3.05, 3.63) is 34.9 Å². The maximum absolute atomic E-state index is 6.05. The SMILES string of the molecule is CCNC(c1cccc(Cl)c1)C(C)C(C)C. The number of halogens is 1. The van der Waals surface area contributed by atoms with Gasteiger partial charge in [0.15, 0.2) is 0 Å². The minimum Gasteiger partial charge on any atom is -0.310 e. The van der Waals surface area contributed by atoms with Crippen molar-refractivity contribution in [2.24, 2.45) is 11.8 Å². The van der Waals surface area contributed by atoms with Crippen LogP contribution in [0.3, 0.4) is 0 Å². The highest BCUT2D eigenvalue weighted by molar-refractivity contribution is 6.30. The number of hydrogen-bond acceptors (Lipinski definition) is 1. The average molecular weight is 240 g/mol. The Morgan fingerprint density at radius 1 is 1.25 bits per heavy atom. The Hall–Kier alpha value is -0.530. The molecule has 2 unspecified atom stereocenters. The van der Waals surface area contributed by atoms with Gasteiger partial charge in [-0.3, -0.25) is 0 Å². The van der Waals surface area contributed by atoms with E-state index in [-0.39, 0.29) is 0 Å². The topological polar surface area (TPSA) is 12.0 Å². The fourth-order valence-corrected chi connectivity index (χ4v) is 2.11. The molecule has 0 aromatic heterocycles. The lowest BCUT2D eigenvalue weighted by atomic mass is 9.86. The van der Waals surface area contributed by atoms with Crippen LogP contribution in [-0.2, 0) is 0 Å². The number of hydrogen-bond donors (Lipinski definition) is 1. The molecule has 0 heterocycles. The van der Waals surface area contributed by atoms with E-state index >= 15 is 0 Å². The molecule has 2 atom stereocenters. The summed E-state index contributed by atoms with van der Waals surface area (Å²) in [4.78, 5) is 0. The van der Waals surface area contributed by atoms with Crippen molar-refractivity contribution in [1.82, 2.24) is 5.32 Å². The Bertz CT molecular complexity index is 322. The molecule has 2 heteroatoms. The monoisotopic (exact) mass is 239 g/mol. The predicted octanol–water partition coefficient (Wildman–Crippen LogP) is 4.28. The first-order chi connectivity index (χ1) is 7.56. The molecule has 0 aliphatic rings. The van der Waals surface area contributed by atoms with E-state index in [9.17, 15) is 0 Å². The van der Waals surface area contributed by atoms with E-state index in [0.29, 0.717) is 17.9 Å². The van der Waals surface area contributed by atoms with Crippen molar-refractivity contribution < 1.29 is 0 Å². The summed E-state index contributed by atoms with van der Waals surface area (Å²) in [6, 6.07) is 8.55. The number of nitrogens with one attached hydrogen (secondary N) is 1. The second-order valence-corrected chi connectivity index (χ2v) is 5.13. The van der Waals surface area contributed by atoms with Crippen molar-refractivity contribution in [2.75, 3.05) is 6.54 Å². The molecule has 16 heavy (non-hydrogen) atoms. The summed E-state index contributed by atoms with van der Waals surface area (Å²) in [6.45, 7) is 9.94. The molecule has 0 radical (unpaired) electrons. The Kier molecular flexibility index (Phi) is 5.30. The van der Waals surface area contributed by atoms with Gasteiger partial charge in [-0.1, -0.05) is 51.4 Å². The molecule has 0 saturated heterocycles. The highest BCUT2D eigenvalue weighted by Gasteiger charge is 2.20. The van der Waals surface area contributed by atoms with Crippen LogP contribution in [0.1, 0.15) is 39.3 Å². The average Bonchev–Trinajstić information content (AvgIpc) is 2.24. The van der Waals surface area contributed by atoms with Gasteiger partial charge in [0.25, 0.3) is 0 Å². The van der Waals surface area contributed by atoms with Gasteiger partial charge in [0.2, 0.25) is 0 Å². The normalized spacial score (nSPS) is 15.1. The zero-order valence-corrected chi connectivity index (χ0v) is 11.4. The summed E-state index contributed by atoms with van der Waals surface area (Å²) < 4.78 is 0.